The molecule has 3 rings (SSSR count). The second-order valence-corrected chi connectivity index (χ2v) is 8.26. The highest BCUT2D eigenvalue weighted by Gasteiger charge is 2.41. The van der Waals surface area contributed by atoms with E-state index < -0.39 is 21.8 Å². The number of benzene rings is 1. The summed E-state index contributed by atoms with van der Waals surface area (Å²) >= 11 is 1.48. The van der Waals surface area contributed by atoms with Crippen LogP contribution < -0.4 is 9.62 Å². The Morgan fingerprint density at radius 1 is 1.35 bits per heavy atom. The van der Waals surface area contributed by atoms with E-state index in [4.69, 9.17) is 0 Å². The van der Waals surface area contributed by atoms with Gasteiger partial charge in [-0.1, -0.05) is 18.7 Å². The molecule has 2 aliphatic rings. The molecule has 0 aliphatic carbocycles. The van der Waals surface area contributed by atoms with Crippen molar-refractivity contribution in [3.05, 3.63) is 29.8 Å². The normalized spacial score (nSPS) is 23.0. The number of nitrogens with zero attached hydrogens (tertiary/aromatic N) is 2. The first-order valence-electron chi connectivity index (χ1n) is 7.04. The van der Waals surface area contributed by atoms with Crippen molar-refractivity contribution in [3.8, 4) is 0 Å². The first-order chi connectivity index (χ1) is 10.9. The van der Waals surface area contributed by atoms with Gasteiger partial charge < -0.3 is 5.32 Å². The third-order valence-corrected chi connectivity index (χ3v) is 6.29. The maximum absolute atomic E-state index is 12.1. The summed E-state index contributed by atoms with van der Waals surface area (Å²) in [6, 6.07) is 5.92. The molecule has 0 spiro atoms. The van der Waals surface area contributed by atoms with E-state index >= 15 is 0 Å². The van der Waals surface area contributed by atoms with Crippen molar-refractivity contribution < 1.29 is 18.0 Å². The Bertz CT molecular complexity index is 787. The lowest BCUT2D eigenvalue weighted by atomic mass is 10.1. The fourth-order valence-electron chi connectivity index (χ4n) is 2.42. The average Bonchev–Trinajstić information content (AvgIpc) is 3.06. The Balaban J connectivity index is 1.79. The summed E-state index contributed by atoms with van der Waals surface area (Å²) in [4.78, 5) is 28.2. The smallest absolute Gasteiger partial charge is 0.257 e. The van der Waals surface area contributed by atoms with Crippen LogP contribution >= 0.6 is 11.8 Å². The molecule has 23 heavy (non-hydrogen) atoms. The zero-order valence-corrected chi connectivity index (χ0v) is 14.0. The van der Waals surface area contributed by atoms with E-state index in [0.29, 0.717) is 17.3 Å². The molecule has 7 nitrogen and oxygen atoms in total. The van der Waals surface area contributed by atoms with Gasteiger partial charge in [-0.3, -0.25) is 14.6 Å². The van der Waals surface area contributed by atoms with Gasteiger partial charge in [0.05, 0.1) is 23.9 Å². The predicted molar refractivity (Wildman–Crippen MR) is 89.1 cm³/mol. The van der Waals surface area contributed by atoms with Crippen LogP contribution in [0.3, 0.4) is 0 Å². The van der Waals surface area contributed by atoms with Crippen molar-refractivity contribution >= 4 is 44.5 Å². The molecule has 0 unspecified atom stereocenters. The van der Waals surface area contributed by atoms with Crippen molar-refractivity contribution in [2.45, 2.75) is 6.92 Å². The van der Waals surface area contributed by atoms with Crippen LogP contribution in [0.4, 0.5) is 5.69 Å². The SMILES string of the molecule is C[C@H]1CS(=O)(=O)N(c2ccc(C(=O)NC3=NCCS3)cc2)C1=O. The average molecular weight is 353 g/mol. The maximum Gasteiger partial charge on any atom is 0.257 e. The summed E-state index contributed by atoms with van der Waals surface area (Å²) in [5.74, 6) is -0.653. The number of carbonyl (C=O) groups excluding carboxylic acids is 2. The van der Waals surface area contributed by atoms with Crippen molar-refractivity contribution in [2.24, 2.45) is 10.9 Å². The molecule has 0 bridgehead atoms. The number of rotatable bonds is 2. The highest BCUT2D eigenvalue weighted by atomic mass is 32.2. The zero-order valence-electron chi connectivity index (χ0n) is 12.4. The van der Waals surface area contributed by atoms with Crippen LogP contribution in [0, 0.1) is 5.92 Å². The molecule has 2 amide bonds. The number of amidine groups is 1. The number of carbonyl (C=O) groups is 2. The van der Waals surface area contributed by atoms with Crippen LogP contribution in [0.25, 0.3) is 0 Å². The summed E-state index contributed by atoms with van der Waals surface area (Å²) in [5.41, 5.74) is 0.629. The lowest BCUT2D eigenvalue weighted by Gasteiger charge is -2.15. The predicted octanol–water partition coefficient (Wildman–Crippen LogP) is 0.832. The molecule has 2 aliphatic heterocycles. The van der Waals surface area contributed by atoms with Gasteiger partial charge >= 0.3 is 0 Å². The molecule has 2 heterocycles. The monoisotopic (exact) mass is 353 g/mol. The Labute approximate surface area is 138 Å². The number of anilines is 1. The lowest BCUT2D eigenvalue weighted by Crippen LogP contribution is -2.30. The van der Waals surface area contributed by atoms with Gasteiger partial charge in [-0.05, 0) is 24.3 Å². The van der Waals surface area contributed by atoms with Gasteiger partial charge in [-0.2, -0.15) is 0 Å². The summed E-state index contributed by atoms with van der Waals surface area (Å²) in [6.45, 7) is 2.27. The van der Waals surface area contributed by atoms with E-state index in [1.165, 1.54) is 36.0 Å². The highest BCUT2D eigenvalue weighted by Crippen LogP contribution is 2.28. The van der Waals surface area contributed by atoms with Gasteiger partial charge in [0.1, 0.15) is 0 Å². The highest BCUT2D eigenvalue weighted by molar-refractivity contribution is 8.14. The number of amides is 2. The van der Waals surface area contributed by atoms with Gasteiger partial charge in [-0.15, -0.1) is 0 Å². The third kappa shape index (κ3) is 3.11. The van der Waals surface area contributed by atoms with Crippen LogP contribution in [-0.2, 0) is 14.8 Å². The Morgan fingerprint density at radius 3 is 2.57 bits per heavy atom. The molecular formula is C14H15N3O4S2. The maximum atomic E-state index is 12.1. The minimum atomic E-state index is -3.63. The molecule has 1 aromatic carbocycles. The van der Waals surface area contributed by atoms with Crippen molar-refractivity contribution in [2.75, 3.05) is 22.4 Å². The van der Waals surface area contributed by atoms with E-state index in [0.717, 1.165) is 10.1 Å². The first-order valence-corrected chi connectivity index (χ1v) is 9.63. The van der Waals surface area contributed by atoms with E-state index in [2.05, 4.69) is 10.3 Å². The minimum absolute atomic E-state index is 0.189. The van der Waals surface area contributed by atoms with Gasteiger partial charge in [0, 0.05) is 11.3 Å². The second kappa shape index (κ2) is 5.97. The van der Waals surface area contributed by atoms with Crippen LogP contribution in [0.15, 0.2) is 29.3 Å². The quantitative estimate of drug-likeness (QED) is 0.850. The van der Waals surface area contributed by atoms with E-state index in [-0.39, 0.29) is 17.3 Å². The van der Waals surface area contributed by atoms with Crippen molar-refractivity contribution in [3.63, 3.8) is 0 Å². The number of hydrogen-bond donors (Lipinski definition) is 1. The Morgan fingerprint density at radius 2 is 2.04 bits per heavy atom. The molecule has 1 fully saturated rings. The summed E-state index contributed by atoms with van der Waals surface area (Å²) in [7, 11) is -3.63. The lowest BCUT2D eigenvalue weighted by molar-refractivity contribution is -0.119. The minimum Gasteiger partial charge on any atom is -0.301 e. The molecule has 0 saturated carbocycles. The number of sulfonamides is 1. The summed E-state index contributed by atoms with van der Waals surface area (Å²) in [6.07, 6.45) is 0. The van der Waals surface area contributed by atoms with Gasteiger partial charge in [-0.25, -0.2) is 12.7 Å². The van der Waals surface area contributed by atoms with Crippen LogP contribution in [0.5, 0.6) is 0 Å². The summed E-state index contributed by atoms with van der Waals surface area (Å²) in [5, 5.41) is 3.28. The number of thioether (sulfide) groups is 1. The molecule has 1 aromatic rings. The number of nitrogens with one attached hydrogen (secondary N) is 1. The molecule has 122 valence electrons. The van der Waals surface area contributed by atoms with E-state index in [1.807, 2.05) is 0 Å². The molecule has 1 atom stereocenters. The van der Waals surface area contributed by atoms with E-state index in [9.17, 15) is 18.0 Å². The fraction of sp³-hybridized carbons (Fsp3) is 0.357. The Kier molecular flexibility index (Phi) is 4.15. The van der Waals surface area contributed by atoms with Crippen LogP contribution in [-0.4, -0.2) is 43.5 Å². The van der Waals surface area contributed by atoms with Crippen molar-refractivity contribution in [1.82, 2.24) is 5.32 Å². The van der Waals surface area contributed by atoms with Gasteiger partial charge in [0.2, 0.25) is 15.9 Å². The van der Waals surface area contributed by atoms with Crippen molar-refractivity contribution in [1.29, 1.82) is 0 Å². The largest absolute Gasteiger partial charge is 0.301 e. The zero-order chi connectivity index (χ0) is 16.6. The van der Waals surface area contributed by atoms with Gasteiger partial charge in [0.15, 0.2) is 5.17 Å². The van der Waals surface area contributed by atoms with Crippen LogP contribution in [0.1, 0.15) is 17.3 Å². The molecule has 1 saturated heterocycles. The Hall–Kier alpha value is -1.87. The first kappa shape index (κ1) is 16.0. The molecule has 0 radical (unpaired) electrons. The molecular weight excluding hydrogens is 338 g/mol. The molecule has 9 heteroatoms. The van der Waals surface area contributed by atoms with E-state index in [1.54, 1.807) is 6.92 Å². The third-order valence-electron chi connectivity index (χ3n) is 3.53. The summed E-state index contributed by atoms with van der Waals surface area (Å²) < 4.78 is 24.9. The molecule has 0 aromatic heterocycles. The second-order valence-electron chi connectivity index (χ2n) is 5.32. The fourth-order valence-corrected chi connectivity index (χ4v) is 4.96. The molecule has 1 N–H and O–H groups in total. The number of aliphatic imine (C=N–C) groups is 1. The standard InChI is InChI=1S/C14H15N3O4S2/c1-9-8-23(20,21)17(13(9)19)11-4-2-10(3-5-11)12(18)16-14-15-6-7-22-14/h2-5,9H,6-8H2,1H3,(H,15,16,18)/t9-/m0/s1. The topological polar surface area (TPSA) is 95.9 Å². The number of hydrogen-bond acceptors (Lipinski definition) is 6. The van der Waals surface area contributed by atoms with Crippen LogP contribution in [0.2, 0.25) is 0 Å². The van der Waals surface area contributed by atoms with Gasteiger partial charge in [0.25, 0.3) is 5.91 Å².